The third kappa shape index (κ3) is 5.74. The molecule has 0 N–H and O–H groups in total. The summed E-state index contributed by atoms with van der Waals surface area (Å²) in [6, 6.07) is 10.2. The van der Waals surface area contributed by atoms with E-state index < -0.39 is 27.8 Å². The minimum Gasteiger partial charge on any atom is -0.450 e. The minimum atomic E-state index is -3.81. The van der Waals surface area contributed by atoms with Gasteiger partial charge in [0.05, 0.1) is 28.3 Å². The molecule has 0 unspecified atom stereocenters. The SMILES string of the molecule is CCOC(=O)N1CCN(S(=O)(=O)c2ccc(C(=O)N=c3sc4cccc(F)c4n3CCOC)cc2)CC1. The molecule has 2 heterocycles. The maximum Gasteiger partial charge on any atom is 0.409 e. The number of hydrogen-bond acceptors (Lipinski definition) is 7. The molecule has 0 spiro atoms. The molecule has 1 aromatic heterocycles. The number of aromatic nitrogens is 1. The Morgan fingerprint density at radius 2 is 1.78 bits per heavy atom. The highest BCUT2D eigenvalue weighted by atomic mass is 32.2. The summed E-state index contributed by atoms with van der Waals surface area (Å²) < 4.78 is 54.3. The summed E-state index contributed by atoms with van der Waals surface area (Å²) in [6.45, 7) is 3.32. The largest absolute Gasteiger partial charge is 0.450 e. The molecule has 2 amide bonds. The second-order valence-electron chi connectivity index (χ2n) is 8.15. The normalized spacial score (nSPS) is 15.3. The van der Waals surface area contributed by atoms with Crippen LogP contribution in [0.2, 0.25) is 0 Å². The van der Waals surface area contributed by atoms with E-state index in [2.05, 4.69) is 4.99 Å². The quantitative estimate of drug-likeness (QED) is 0.447. The zero-order valence-electron chi connectivity index (χ0n) is 20.4. The number of hydrogen-bond donors (Lipinski definition) is 0. The number of carbonyl (C=O) groups excluding carboxylic acids is 2. The molecule has 0 aliphatic carbocycles. The van der Waals surface area contributed by atoms with Crippen molar-refractivity contribution >= 4 is 43.6 Å². The van der Waals surface area contributed by atoms with Crippen molar-refractivity contribution < 1.29 is 31.9 Å². The van der Waals surface area contributed by atoms with Gasteiger partial charge in [-0.1, -0.05) is 17.4 Å². The fourth-order valence-electron chi connectivity index (χ4n) is 3.96. The standard InChI is InChI=1S/C24H27FN4O6S2/c1-3-35-24(31)27-11-13-28(14-12-27)37(32,33)18-9-7-17(8-10-18)22(30)26-23-29(15-16-34-2)21-19(25)5-4-6-20(21)36-23/h4-10H,3,11-16H2,1-2H3. The molecule has 0 atom stereocenters. The molecule has 2 aromatic carbocycles. The third-order valence-corrected chi connectivity index (χ3v) is 8.83. The number of rotatable bonds is 7. The second kappa shape index (κ2) is 11.5. The second-order valence-corrected chi connectivity index (χ2v) is 11.1. The summed E-state index contributed by atoms with van der Waals surface area (Å²) in [5.41, 5.74) is 0.544. The number of piperazine rings is 1. The molecule has 0 radical (unpaired) electrons. The Labute approximate surface area is 217 Å². The molecule has 37 heavy (non-hydrogen) atoms. The number of halogens is 1. The van der Waals surface area contributed by atoms with Gasteiger partial charge in [0.1, 0.15) is 5.82 Å². The number of nitrogens with zero attached hydrogens (tertiary/aromatic N) is 4. The predicted octanol–water partition coefficient (Wildman–Crippen LogP) is 2.69. The van der Waals surface area contributed by atoms with E-state index in [0.29, 0.717) is 28.2 Å². The lowest BCUT2D eigenvalue weighted by Gasteiger charge is -2.33. The number of sulfonamides is 1. The monoisotopic (exact) mass is 550 g/mol. The number of benzene rings is 2. The van der Waals surface area contributed by atoms with Crippen LogP contribution in [0.25, 0.3) is 10.2 Å². The van der Waals surface area contributed by atoms with Gasteiger partial charge in [-0.3, -0.25) is 4.79 Å². The third-order valence-electron chi connectivity index (χ3n) is 5.87. The molecule has 198 valence electrons. The van der Waals surface area contributed by atoms with Crippen LogP contribution in [0.5, 0.6) is 0 Å². The fraction of sp³-hybridized carbons (Fsp3) is 0.375. The van der Waals surface area contributed by atoms with E-state index in [1.807, 2.05) is 0 Å². The average Bonchev–Trinajstić information content (AvgIpc) is 3.25. The highest BCUT2D eigenvalue weighted by Crippen LogP contribution is 2.21. The van der Waals surface area contributed by atoms with Crippen LogP contribution in [0.4, 0.5) is 9.18 Å². The van der Waals surface area contributed by atoms with Crippen LogP contribution in [-0.2, 0) is 26.0 Å². The average molecular weight is 551 g/mol. The van der Waals surface area contributed by atoms with Crippen molar-refractivity contribution in [2.75, 3.05) is 46.5 Å². The highest BCUT2D eigenvalue weighted by molar-refractivity contribution is 7.89. The van der Waals surface area contributed by atoms with Crippen molar-refractivity contribution in [1.82, 2.24) is 13.8 Å². The number of ether oxygens (including phenoxy) is 2. The maximum absolute atomic E-state index is 14.5. The molecule has 3 aromatic rings. The van der Waals surface area contributed by atoms with Gasteiger partial charge < -0.3 is 18.9 Å². The number of methoxy groups -OCH3 is 1. The van der Waals surface area contributed by atoms with Crippen LogP contribution >= 0.6 is 11.3 Å². The summed E-state index contributed by atoms with van der Waals surface area (Å²) >= 11 is 1.18. The van der Waals surface area contributed by atoms with E-state index >= 15 is 0 Å². The summed E-state index contributed by atoms with van der Waals surface area (Å²) in [6.07, 6.45) is -0.462. The highest BCUT2D eigenvalue weighted by Gasteiger charge is 2.30. The molecule has 1 saturated heterocycles. The van der Waals surface area contributed by atoms with Gasteiger partial charge in [-0.2, -0.15) is 9.30 Å². The van der Waals surface area contributed by atoms with Crippen molar-refractivity contribution in [2.24, 2.45) is 4.99 Å². The topological polar surface area (TPSA) is 111 Å². The Morgan fingerprint density at radius 3 is 2.43 bits per heavy atom. The molecular formula is C24H27FN4O6S2. The van der Waals surface area contributed by atoms with Gasteiger partial charge in [0, 0.05) is 45.4 Å². The molecular weight excluding hydrogens is 523 g/mol. The van der Waals surface area contributed by atoms with Crippen molar-refractivity contribution in [1.29, 1.82) is 0 Å². The first kappa shape index (κ1) is 26.9. The molecule has 1 aliphatic rings. The van der Waals surface area contributed by atoms with Crippen LogP contribution in [0.1, 0.15) is 17.3 Å². The van der Waals surface area contributed by atoms with Gasteiger partial charge in [0.15, 0.2) is 4.80 Å². The number of amides is 2. The van der Waals surface area contributed by atoms with Crippen molar-refractivity contribution in [3.05, 3.63) is 58.6 Å². The van der Waals surface area contributed by atoms with Crippen molar-refractivity contribution in [2.45, 2.75) is 18.4 Å². The van der Waals surface area contributed by atoms with Crippen LogP contribution in [0.3, 0.4) is 0 Å². The molecule has 13 heteroatoms. The lowest BCUT2D eigenvalue weighted by molar-refractivity contribution is 0.0933. The predicted molar refractivity (Wildman–Crippen MR) is 135 cm³/mol. The lowest BCUT2D eigenvalue weighted by atomic mass is 10.2. The minimum absolute atomic E-state index is 0.0349. The van der Waals surface area contributed by atoms with E-state index in [1.54, 1.807) is 23.6 Å². The molecule has 4 rings (SSSR count). The number of para-hydroxylation sites is 1. The van der Waals surface area contributed by atoms with Crippen LogP contribution < -0.4 is 4.80 Å². The van der Waals surface area contributed by atoms with Gasteiger partial charge in [-0.05, 0) is 43.3 Å². The van der Waals surface area contributed by atoms with E-state index in [9.17, 15) is 22.4 Å². The Balaban J connectivity index is 1.54. The van der Waals surface area contributed by atoms with E-state index in [4.69, 9.17) is 9.47 Å². The number of fused-ring (bicyclic) bond motifs is 1. The van der Waals surface area contributed by atoms with Crippen LogP contribution in [0.15, 0.2) is 52.4 Å². The molecule has 10 nitrogen and oxygen atoms in total. The van der Waals surface area contributed by atoms with Gasteiger partial charge >= 0.3 is 6.09 Å². The van der Waals surface area contributed by atoms with Gasteiger partial charge in [-0.25, -0.2) is 17.6 Å². The molecule has 0 saturated carbocycles. The van der Waals surface area contributed by atoms with E-state index in [-0.39, 0.29) is 43.2 Å². The van der Waals surface area contributed by atoms with E-state index in [0.717, 1.165) is 0 Å². The lowest BCUT2D eigenvalue weighted by Crippen LogP contribution is -2.50. The Morgan fingerprint density at radius 1 is 1.08 bits per heavy atom. The van der Waals surface area contributed by atoms with Gasteiger partial charge in [0.25, 0.3) is 5.91 Å². The van der Waals surface area contributed by atoms with Crippen LogP contribution in [-0.4, -0.2) is 80.7 Å². The Hall–Kier alpha value is -3.13. The zero-order valence-corrected chi connectivity index (χ0v) is 22.1. The summed E-state index contributed by atoms with van der Waals surface area (Å²) in [5.74, 6) is -0.999. The first-order valence-corrected chi connectivity index (χ1v) is 13.9. The fourth-order valence-corrected chi connectivity index (χ4v) is 6.45. The van der Waals surface area contributed by atoms with E-state index in [1.165, 1.54) is 58.0 Å². The first-order valence-electron chi connectivity index (χ1n) is 11.6. The Bertz CT molecular complexity index is 1460. The number of carbonyl (C=O) groups is 2. The molecule has 0 bridgehead atoms. The van der Waals surface area contributed by atoms with Crippen LogP contribution in [0, 0.1) is 5.82 Å². The zero-order chi connectivity index (χ0) is 26.6. The number of thiazole rings is 1. The van der Waals surface area contributed by atoms with Gasteiger partial charge in [-0.15, -0.1) is 0 Å². The van der Waals surface area contributed by atoms with Gasteiger partial charge in [0.2, 0.25) is 10.0 Å². The molecule has 1 fully saturated rings. The first-order chi connectivity index (χ1) is 17.8. The maximum atomic E-state index is 14.5. The summed E-state index contributed by atoms with van der Waals surface area (Å²) in [4.78, 5) is 30.8. The Kier molecular flexibility index (Phi) is 8.37. The van der Waals surface area contributed by atoms with Crippen molar-refractivity contribution in [3.63, 3.8) is 0 Å². The smallest absolute Gasteiger partial charge is 0.409 e. The molecule has 1 aliphatic heterocycles. The summed E-state index contributed by atoms with van der Waals surface area (Å²) in [7, 11) is -2.28. The van der Waals surface area contributed by atoms with Crippen molar-refractivity contribution in [3.8, 4) is 0 Å². The summed E-state index contributed by atoms with van der Waals surface area (Å²) in [5, 5.41) is 0.